The number of rotatable bonds is 7. The Balaban J connectivity index is 1.75. The van der Waals surface area contributed by atoms with Gasteiger partial charge in [0, 0.05) is 16.0 Å². The summed E-state index contributed by atoms with van der Waals surface area (Å²) in [4.78, 5) is 16.1. The van der Waals surface area contributed by atoms with Crippen molar-refractivity contribution in [1.29, 1.82) is 0 Å². The molecule has 0 fully saturated rings. The van der Waals surface area contributed by atoms with Gasteiger partial charge in [-0.3, -0.25) is 0 Å². The largest absolute Gasteiger partial charge is 0.503 e. The van der Waals surface area contributed by atoms with Gasteiger partial charge in [0.1, 0.15) is 10.6 Å². The van der Waals surface area contributed by atoms with Crippen molar-refractivity contribution in [2.75, 3.05) is 7.11 Å². The lowest BCUT2D eigenvalue weighted by atomic mass is 10.00. The van der Waals surface area contributed by atoms with E-state index in [1.807, 2.05) is 66.1 Å². The minimum atomic E-state index is -1.04. The van der Waals surface area contributed by atoms with E-state index in [2.05, 4.69) is 4.98 Å². The average molecular weight is 424 g/mol. The van der Waals surface area contributed by atoms with Crippen molar-refractivity contribution in [3.05, 3.63) is 94.2 Å². The average Bonchev–Trinajstić information content (AvgIpc) is 3.19. The van der Waals surface area contributed by atoms with Crippen LogP contribution in [0, 0.1) is 0 Å². The molecule has 2 aromatic carbocycles. The van der Waals surface area contributed by atoms with Gasteiger partial charge in [0.25, 0.3) is 0 Å². The third kappa shape index (κ3) is 5.44. The van der Waals surface area contributed by atoms with Crippen LogP contribution in [-0.4, -0.2) is 23.2 Å². The van der Waals surface area contributed by atoms with Crippen molar-refractivity contribution >= 4 is 46.6 Å². The number of carboxylic acid groups (broad SMARTS) is 1. The molecule has 1 aromatic heterocycles. The molecule has 0 bridgehead atoms. The molecular formula is C23H18ClNO3S. The first-order valence-electron chi connectivity index (χ1n) is 8.70. The molecule has 6 heteroatoms. The van der Waals surface area contributed by atoms with Crippen LogP contribution in [0.3, 0.4) is 0 Å². The van der Waals surface area contributed by atoms with Gasteiger partial charge in [-0.2, -0.15) is 0 Å². The second kappa shape index (κ2) is 9.87. The topological polar surface area (TPSA) is 59.4 Å². The summed E-state index contributed by atoms with van der Waals surface area (Å²) in [7, 11) is 1.43. The molecular weight excluding hydrogens is 406 g/mol. The molecule has 0 saturated heterocycles. The number of methoxy groups -OCH3 is 1. The normalized spacial score (nSPS) is 12.0. The molecule has 0 aliphatic heterocycles. The maximum absolute atomic E-state index is 11.5. The number of carboxylic acids is 1. The monoisotopic (exact) mass is 423 g/mol. The minimum Gasteiger partial charge on any atom is -0.503 e. The van der Waals surface area contributed by atoms with Crippen molar-refractivity contribution < 1.29 is 14.6 Å². The minimum absolute atomic E-state index is 0.101. The SMILES string of the molecule is CO/C=C(/C(=O)O)c1ccccc1/C=C/C=C/c1csc(-c2ccc(Cl)cc2)n1. The third-order valence-corrected chi connectivity index (χ3v) is 5.15. The van der Waals surface area contributed by atoms with Crippen molar-refractivity contribution in [3.8, 4) is 10.6 Å². The second-order valence-electron chi connectivity index (χ2n) is 5.96. The number of benzene rings is 2. The van der Waals surface area contributed by atoms with E-state index in [-0.39, 0.29) is 5.57 Å². The maximum Gasteiger partial charge on any atom is 0.339 e. The number of aliphatic carboxylic acids is 1. The van der Waals surface area contributed by atoms with Crippen molar-refractivity contribution in [2.24, 2.45) is 0 Å². The Hall–Kier alpha value is -3.15. The smallest absolute Gasteiger partial charge is 0.339 e. The standard InChI is InChI=1S/C23H18ClNO3S/c1-28-14-21(23(26)27)20-9-5-3-7-16(20)6-2-4-8-19-15-29-22(25-19)17-10-12-18(24)13-11-17/h2-15H,1H3,(H,26,27)/b6-2+,8-4+,21-14+. The first kappa shape index (κ1) is 20.6. The third-order valence-electron chi connectivity index (χ3n) is 3.98. The highest BCUT2D eigenvalue weighted by molar-refractivity contribution is 7.13. The van der Waals surface area contributed by atoms with E-state index >= 15 is 0 Å². The van der Waals surface area contributed by atoms with Gasteiger partial charge in [-0.1, -0.05) is 66.2 Å². The number of hydrogen-bond acceptors (Lipinski definition) is 4. The quantitative estimate of drug-likeness (QED) is 0.276. The van der Waals surface area contributed by atoms with E-state index in [1.54, 1.807) is 23.5 Å². The number of thiazole rings is 1. The first-order chi connectivity index (χ1) is 14.1. The van der Waals surface area contributed by atoms with E-state index in [9.17, 15) is 9.90 Å². The van der Waals surface area contributed by atoms with Crippen LogP contribution in [0.5, 0.6) is 0 Å². The van der Waals surface area contributed by atoms with E-state index in [0.717, 1.165) is 21.8 Å². The van der Waals surface area contributed by atoms with Crippen LogP contribution < -0.4 is 0 Å². The number of allylic oxidation sites excluding steroid dienone is 2. The highest BCUT2D eigenvalue weighted by atomic mass is 35.5. The van der Waals surface area contributed by atoms with Gasteiger partial charge in [0.05, 0.1) is 19.1 Å². The van der Waals surface area contributed by atoms with Crippen molar-refractivity contribution in [1.82, 2.24) is 4.98 Å². The molecule has 1 N–H and O–H groups in total. The highest BCUT2D eigenvalue weighted by Crippen LogP contribution is 2.26. The summed E-state index contributed by atoms with van der Waals surface area (Å²) in [6.07, 6.45) is 8.71. The number of nitrogens with zero attached hydrogens (tertiary/aromatic N) is 1. The molecule has 146 valence electrons. The van der Waals surface area contributed by atoms with Gasteiger partial charge in [-0.25, -0.2) is 9.78 Å². The van der Waals surface area contributed by atoms with Crippen LogP contribution in [0.25, 0.3) is 28.3 Å². The van der Waals surface area contributed by atoms with Gasteiger partial charge >= 0.3 is 5.97 Å². The van der Waals surface area contributed by atoms with E-state index in [4.69, 9.17) is 16.3 Å². The van der Waals surface area contributed by atoms with E-state index in [1.165, 1.54) is 13.4 Å². The molecule has 29 heavy (non-hydrogen) atoms. The Labute approximate surface area is 178 Å². The molecule has 0 aliphatic carbocycles. The first-order valence-corrected chi connectivity index (χ1v) is 9.96. The fraction of sp³-hybridized carbons (Fsp3) is 0.0435. The number of aromatic nitrogens is 1. The summed E-state index contributed by atoms with van der Waals surface area (Å²) in [6.45, 7) is 0. The summed E-state index contributed by atoms with van der Waals surface area (Å²) < 4.78 is 4.91. The van der Waals surface area contributed by atoms with Crippen LogP contribution in [0.2, 0.25) is 5.02 Å². The lowest BCUT2D eigenvalue weighted by Crippen LogP contribution is -2.02. The summed E-state index contributed by atoms with van der Waals surface area (Å²) in [6, 6.07) is 14.8. The van der Waals surface area contributed by atoms with Crippen molar-refractivity contribution in [3.63, 3.8) is 0 Å². The lowest BCUT2D eigenvalue weighted by molar-refractivity contribution is -0.130. The van der Waals surface area contributed by atoms with Gasteiger partial charge in [-0.15, -0.1) is 11.3 Å². The molecule has 0 radical (unpaired) electrons. The van der Waals surface area contributed by atoms with Crippen LogP contribution in [0.4, 0.5) is 0 Å². The van der Waals surface area contributed by atoms with E-state index in [0.29, 0.717) is 10.6 Å². The molecule has 4 nitrogen and oxygen atoms in total. The molecule has 0 unspecified atom stereocenters. The number of ether oxygens (including phenoxy) is 1. The number of halogens is 1. The second-order valence-corrected chi connectivity index (χ2v) is 7.26. The van der Waals surface area contributed by atoms with Crippen LogP contribution in [0.15, 0.2) is 72.3 Å². The fourth-order valence-electron chi connectivity index (χ4n) is 2.64. The molecule has 0 spiro atoms. The Bertz CT molecular complexity index is 1080. The Morgan fingerprint density at radius 2 is 1.83 bits per heavy atom. The summed E-state index contributed by atoms with van der Waals surface area (Å²) in [5.41, 5.74) is 3.34. The Kier molecular flexibility index (Phi) is 7.00. The predicted octanol–water partition coefficient (Wildman–Crippen LogP) is 6.26. The highest BCUT2D eigenvalue weighted by Gasteiger charge is 2.13. The fourth-order valence-corrected chi connectivity index (χ4v) is 3.56. The Morgan fingerprint density at radius 1 is 1.10 bits per heavy atom. The molecule has 1 heterocycles. The summed E-state index contributed by atoms with van der Waals surface area (Å²) in [5.74, 6) is -1.04. The van der Waals surface area contributed by atoms with Gasteiger partial charge < -0.3 is 9.84 Å². The van der Waals surface area contributed by atoms with Crippen LogP contribution in [0.1, 0.15) is 16.8 Å². The zero-order valence-corrected chi connectivity index (χ0v) is 17.2. The van der Waals surface area contributed by atoms with Gasteiger partial charge in [-0.05, 0) is 29.3 Å². The summed E-state index contributed by atoms with van der Waals surface area (Å²) in [5, 5.41) is 13.0. The van der Waals surface area contributed by atoms with Crippen LogP contribution >= 0.6 is 22.9 Å². The maximum atomic E-state index is 11.5. The zero-order chi connectivity index (χ0) is 20.6. The predicted molar refractivity (Wildman–Crippen MR) is 120 cm³/mol. The summed E-state index contributed by atoms with van der Waals surface area (Å²) >= 11 is 7.49. The van der Waals surface area contributed by atoms with E-state index < -0.39 is 5.97 Å². The Morgan fingerprint density at radius 3 is 2.55 bits per heavy atom. The number of hydrogen-bond donors (Lipinski definition) is 1. The number of carbonyl (C=O) groups is 1. The zero-order valence-electron chi connectivity index (χ0n) is 15.6. The van der Waals surface area contributed by atoms with Gasteiger partial charge in [0.2, 0.25) is 0 Å². The van der Waals surface area contributed by atoms with Crippen LogP contribution in [-0.2, 0) is 9.53 Å². The van der Waals surface area contributed by atoms with Gasteiger partial charge in [0.15, 0.2) is 0 Å². The molecule has 0 atom stereocenters. The molecule has 3 rings (SSSR count). The lowest BCUT2D eigenvalue weighted by Gasteiger charge is -2.06. The van der Waals surface area contributed by atoms with Crippen molar-refractivity contribution in [2.45, 2.75) is 0 Å². The molecule has 0 aliphatic rings. The molecule has 0 amide bonds. The molecule has 0 saturated carbocycles. The molecule has 3 aromatic rings.